The van der Waals surface area contributed by atoms with E-state index in [9.17, 15) is 5.11 Å². The van der Waals surface area contributed by atoms with Crippen LogP contribution in [0.3, 0.4) is 0 Å². The number of ether oxygens (including phenoxy) is 2. The number of hydrogen-bond acceptors (Lipinski definition) is 3. The highest BCUT2D eigenvalue weighted by atomic mass is 16.5. The summed E-state index contributed by atoms with van der Waals surface area (Å²) in [5.41, 5.74) is 0.905. The minimum atomic E-state index is -0.117. The van der Waals surface area contributed by atoms with Crippen molar-refractivity contribution in [2.45, 2.75) is 137 Å². The van der Waals surface area contributed by atoms with Gasteiger partial charge in [0, 0.05) is 13.0 Å². The van der Waals surface area contributed by atoms with Crippen LogP contribution in [0.5, 0.6) is 0 Å². The van der Waals surface area contributed by atoms with E-state index in [1.807, 2.05) is 0 Å². The Kier molecular flexibility index (Phi) is 6.11. The molecule has 1 N–H and O–H groups in total. The predicted octanol–water partition coefficient (Wildman–Crippen LogP) is 7.01. The van der Waals surface area contributed by atoms with Gasteiger partial charge in [0.2, 0.25) is 0 Å². The van der Waals surface area contributed by atoms with Crippen molar-refractivity contribution in [3.8, 4) is 0 Å². The van der Waals surface area contributed by atoms with Crippen molar-refractivity contribution in [1.29, 1.82) is 0 Å². The summed E-state index contributed by atoms with van der Waals surface area (Å²) >= 11 is 0. The molecule has 1 aliphatic heterocycles. The summed E-state index contributed by atoms with van der Waals surface area (Å²) in [5, 5.41) is 10.8. The second-order valence-corrected chi connectivity index (χ2v) is 14.5. The van der Waals surface area contributed by atoms with Gasteiger partial charge >= 0.3 is 0 Å². The van der Waals surface area contributed by atoms with Gasteiger partial charge in [-0.3, -0.25) is 0 Å². The molecule has 10 atom stereocenters. The van der Waals surface area contributed by atoms with E-state index >= 15 is 0 Å². The molecule has 3 nitrogen and oxygen atoms in total. The number of fused-ring (bicyclic) bond motifs is 7. The van der Waals surface area contributed by atoms with Gasteiger partial charge in [0.25, 0.3) is 0 Å². The van der Waals surface area contributed by atoms with Gasteiger partial charge in [0.1, 0.15) is 0 Å². The molecule has 5 fully saturated rings. The molecule has 0 aromatic heterocycles. The third kappa shape index (κ3) is 3.77. The van der Waals surface area contributed by atoms with Crippen LogP contribution in [0.1, 0.15) is 113 Å². The summed E-state index contributed by atoms with van der Waals surface area (Å²) in [4.78, 5) is 0. The second-order valence-electron chi connectivity index (χ2n) is 14.5. The highest BCUT2D eigenvalue weighted by Crippen LogP contribution is 2.71. The summed E-state index contributed by atoms with van der Waals surface area (Å²) in [6, 6.07) is 0. The van der Waals surface area contributed by atoms with E-state index in [2.05, 4.69) is 48.5 Å². The Hall–Kier alpha value is -0.120. The van der Waals surface area contributed by atoms with E-state index < -0.39 is 0 Å². The van der Waals surface area contributed by atoms with Crippen LogP contribution in [0.2, 0.25) is 0 Å². The van der Waals surface area contributed by atoms with E-state index in [0.29, 0.717) is 29.0 Å². The molecule has 0 spiro atoms. The zero-order chi connectivity index (χ0) is 23.8. The predicted molar refractivity (Wildman–Crippen MR) is 134 cm³/mol. The Bertz CT molecular complexity index is 730. The van der Waals surface area contributed by atoms with Crippen molar-refractivity contribution in [3.05, 3.63) is 0 Å². The van der Waals surface area contributed by atoms with E-state index in [1.54, 1.807) is 0 Å². The number of aliphatic hydroxyl groups excluding tert-OH is 1. The Morgan fingerprint density at radius 2 is 1.39 bits per heavy atom. The van der Waals surface area contributed by atoms with Gasteiger partial charge in [-0.25, -0.2) is 0 Å². The molecular weight excluding hydrogens is 408 g/mol. The lowest BCUT2D eigenvalue weighted by Gasteiger charge is -2.64. The Morgan fingerprint density at radius 1 is 0.818 bits per heavy atom. The van der Waals surface area contributed by atoms with Crippen LogP contribution >= 0.6 is 0 Å². The molecule has 0 amide bonds. The molecule has 0 aromatic carbocycles. The number of hydrogen-bond donors (Lipinski definition) is 1. The molecule has 1 saturated heterocycles. The van der Waals surface area contributed by atoms with Gasteiger partial charge in [0.05, 0.1) is 23.9 Å². The van der Waals surface area contributed by atoms with E-state index in [1.165, 1.54) is 51.4 Å². The molecule has 5 rings (SSSR count). The van der Waals surface area contributed by atoms with Gasteiger partial charge in [-0.2, -0.15) is 0 Å². The van der Waals surface area contributed by atoms with Gasteiger partial charge in [-0.05, 0) is 124 Å². The maximum absolute atomic E-state index is 10.8. The lowest BCUT2D eigenvalue weighted by atomic mass is 9.41. The molecule has 0 radical (unpaired) electrons. The van der Waals surface area contributed by atoms with E-state index in [-0.39, 0.29) is 17.1 Å². The summed E-state index contributed by atoms with van der Waals surface area (Å²) < 4.78 is 12.9. The van der Waals surface area contributed by atoms with Crippen LogP contribution in [0, 0.1) is 45.8 Å². The van der Waals surface area contributed by atoms with Crippen molar-refractivity contribution in [1.82, 2.24) is 0 Å². The average Bonchev–Trinajstić information content (AvgIpc) is 3.02. The van der Waals surface area contributed by atoms with Crippen molar-refractivity contribution >= 4 is 0 Å². The highest BCUT2D eigenvalue weighted by Gasteiger charge is 2.65. The summed E-state index contributed by atoms with van der Waals surface area (Å²) in [5.74, 6) is 3.90. The van der Waals surface area contributed by atoms with Crippen LogP contribution in [0.15, 0.2) is 0 Å². The normalized spacial score (nSPS) is 51.3. The maximum Gasteiger partial charge on any atom is 0.0651 e. The number of aliphatic hydroxyl groups is 1. The molecule has 1 heterocycles. The first-order chi connectivity index (χ1) is 15.4. The Morgan fingerprint density at radius 3 is 2.09 bits per heavy atom. The fraction of sp³-hybridized carbons (Fsp3) is 1.00. The van der Waals surface area contributed by atoms with Crippen LogP contribution < -0.4 is 0 Å². The summed E-state index contributed by atoms with van der Waals surface area (Å²) in [6.45, 7) is 17.4. The minimum Gasteiger partial charge on any atom is -0.393 e. The fourth-order valence-corrected chi connectivity index (χ4v) is 10.4. The topological polar surface area (TPSA) is 38.7 Å². The number of rotatable bonds is 4. The molecule has 0 aromatic rings. The third-order valence-electron chi connectivity index (χ3n) is 12.3. The smallest absolute Gasteiger partial charge is 0.0651 e. The van der Waals surface area contributed by atoms with Gasteiger partial charge in [-0.15, -0.1) is 0 Å². The first-order valence-corrected chi connectivity index (χ1v) is 14.4. The molecule has 10 unspecified atom stereocenters. The highest BCUT2D eigenvalue weighted by molar-refractivity contribution is 5.14. The largest absolute Gasteiger partial charge is 0.393 e. The average molecular weight is 461 g/mol. The van der Waals surface area contributed by atoms with Crippen molar-refractivity contribution in [2.75, 3.05) is 6.61 Å². The van der Waals surface area contributed by atoms with Crippen LogP contribution in [0.25, 0.3) is 0 Å². The third-order valence-corrected chi connectivity index (χ3v) is 12.3. The molecular formula is C30H52O3. The van der Waals surface area contributed by atoms with Crippen molar-refractivity contribution in [3.63, 3.8) is 0 Å². The first kappa shape index (κ1) is 24.6. The molecule has 190 valence electrons. The zero-order valence-corrected chi connectivity index (χ0v) is 22.7. The Labute approximate surface area is 203 Å². The van der Waals surface area contributed by atoms with Crippen molar-refractivity contribution in [2.24, 2.45) is 45.8 Å². The minimum absolute atomic E-state index is 0.0744. The molecule has 33 heavy (non-hydrogen) atoms. The van der Waals surface area contributed by atoms with Crippen molar-refractivity contribution < 1.29 is 14.6 Å². The van der Waals surface area contributed by atoms with E-state index in [0.717, 1.165) is 43.1 Å². The van der Waals surface area contributed by atoms with Crippen LogP contribution in [-0.2, 0) is 9.47 Å². The molecule has 3 heteroatoms. The van der Waals surface area contributed by atoms with E-state index in [4.69, 9.17) is 9.47 Å². The molecule has 5 aliphatic rings. The van der Waals surface area contributed by atoms with Gasteiger partial charge in [0.15, 0.2) is 0 Å². The monoisotopic (exact) mass is 460 g/mol. The SMILES string of the molecule is CCOC(C)(C)CC1CCC2C(CC3C4CCC5C(CCC(O)C5(C)C)C4(C)CCC23C)O1. The standard InChI is InChI=1S/C30H52O3/c1-8-32-27(2,3)18-19-9-10-23-25(33-19)17-24-22-12-11-20-21(13-14-26(31)28(20,4)5)29(22,6)15-16-30(23,24)7/h19-26,31H,8-18H2,1-7H3. The van der Waals surface area contributed by atoms with Crippen LogP contribution in [-0.4, -0.2) is 35.6 Å². The fourth-order valence-electron chi connectivity index (χ4n) is 10.4. The summed E-state index contributed by atoms with van der Waals surface area (Å²) in [6.07, 6.45) is 13.3. The summed E-state index contributed by atoms with van der Waals surface area (Å²) in [7, 11) is 0. The zero-order valence-electron chi connectivity index (χ0n) is 22.7. The van der Waals surface area contributed by atoms with Gasteiger partial charge in [-0.1, -0.05) is 27.7 Å². The van der Waals surface area contributed by atoms with Crippen LogP contribution in [0.4, 0.5) is 0 Å². The molecule has 4 aliphatic carbocycles. The quantitative estimate of drug-likeness (QED) is 0.490. The molecule has 0 bridgehead atoms. The van der Waals surface area contributed by atoms with Gasteiger partial charge < -0.3 is 14.6 Å². The Balaban J connectivity index is 1.34. The maximum atomic E-state index is 10.8. The lowest BCUT2D eigenvalue weighted by molar-refractivity contribution is -0.175. The second kappa shape index (κ2) is 8.20. The lowest BCUT2D eigenvalue weighted by Crippen LogP contribution is -2.58. The molecule has 4 saturated carbocycles. The first-order valence-electron chi connectivity index (χ1n) is 14.4.